The molecular weight excluding hydrogens is 283 g/mol. The average molecular weight is 291 g/mol. The molecule has 0 amide bonds. The van der Waals surface area contributed by atoms with E-state index in [-0.39, 0.29) is 10.6 Å². The molecule has 2 N–H and O–H groups in total. The Labute approximate surface area is 117 Å². The Morgan fingerprint density at radius 1 is 1.30 bits per heavy atom. The molecule has 2 heterocycles. The molecule has 0 saturated carbocycles. The van der Waals surface area contributed by atoms with E-state index in [0.29, 0.717) is 17.0 Å². The molecule has 3 rings (SSSR count). The third kappa shape index (κ3) is 2.30. The predicted molar refractivity (Wildman–Crippen MR) is 74.3 cm³/mol. The topological polar surface area (TPSA) is 78.9 Å². The standard InChI is InChI=1S/C12H8ClFN6/c13-8-2-1-3-9(14)7(8)4-19-20-12-10-11(16-5-15-10)17-6-18-12/h1-6H,(H2,15,16,17,18,20)/b19-4+. The van der Waals surface area contributed by atoms with Gasteiger partial charge in [0.15, 0.2) is 17.0 Å². The van der Waals surface area contributed by atoms with Crippen LogP contribution in [0.3, 0.4) is 0 Å². The lowest BCUT2D eigenvalue weighted by Crippen LogP contribution is -1.97. The Hall–Kier alpha value is -2.54. The summed E-state index contributed by atoms with van der Waals surface area (Å²) in [5.41, 5.74) is 4.02. The van der Waals surface area contributed by atoms with Crippen molar-refractivity contribution in [2.45, 2.75) is 0 Å². The highest BCUT2D eigenvalue weighted by atomic mass is 35.5. The lowest BCUT2D eigenvalue weighted by atomic mass is 10.2. The number of aromatic nitrogens is 4. The normalized spacial score (nSPS) is 11.3. The van der Waals surface area contributed by atoms with E-state index in [1.807, 2.05) is 0 Å². The monoisotopic (exact) mass is 290 g/mol. The van der Waals surface area contributed by atoms with Crippen molar-refractivity contribution < 1.29 is 4.39 Å². The van der Waals surface area contributed by atoms with Crippen molar-refractivity contribution in [3.63, 3.8) is 0 Å². The van der Waals surface area contributed by atoms with Crippen molar-refractivity contribution in [3.05, 3.63) is 47.3 Å². The third-order valence-corrected chi connectivity index (χ3v) is 2.91. The highest BCUT2D eigenvalue weighted by Gasteiger charge is 2.06. The summed E-state index contributed by atoms with van der Waals surface area (Å²) in [5.74, 6) is -0.0318. The number of hydrazone groups is 1. The molecule has 0 radical (unpaired) electrons. The maximum Gasteiger partial charge on any atom is 0.177 e. The molecule has 0 spiro atoms. The van der Waals surface area contributed by atoms with Crippen LogP contribution < -0.4 is 5.43 Å². The van der Waals surface area contributed by atoms with Crippen molar-refractivity contribution in [1.82, 2.24) is 19.9 Å². The van der Waals surface area contributed by atoms with Crippen molar-refractivity contribution in [1.29, 1.82) is 0 Å². The molecule has 6 nitrogen and oxygen atoms in total. The van der Waals surface area contributed by atoms with E-state index < -0.39 is 5.82 Å². The summed E-state index contributed by atoms with van der Waals surface area (Å²) in [6.45, 7) is 0. The van der Waals surface area contributed by atoms with Crippen LogP contribution in [0.25, 0.3) is 11.2 Å². The molecular formula is C12H8ClFN6. The number of rotatable bonds is 3. The van der Waals surface area contributed by atoms with Crippen molar-refractivity contribution in [2.24, 2.45) is 5.10 Å². The van der Waals surface area contributed by atoms with Gasteiger partial charge in [0.25, 0.3) is 0 Å². The van der Waals surface area contributed by atoms with Gasteiger partial charge in [0, 0.05) is 5.56 Å². The van der Waals surface area contributed by atoms with Crippen LogP contribution in [0.15, 0.2) is 36.0 Å². The maximum atomic E-state index is 13.5. The van der Waals surface area contributed by atoms with E-state index in [0.717, 1.165) is 0 Å². The first-order chi connectivity index (χ1) is 9.75. The molecule has 0 aliphatic rings. The van der Waals surface area contributed by atoms with E-state index in [2.05, 4.69) is 30.5 Å². The number of halogens is 2. The number of fused-ring (bicyclic) bond motifs is 1. The fourth-order valence-electron chi connectivity index (χ4n) is 1.64. The molecule has 8 heteroatoms. The predicted octanol–water partition coefficient (Wildman–Crippen LogP) is 2.59. The zero-order chi connectivity index (χ0) is 13.9. The molecule has 100 valence electrons. The van der Waals surface area contributed by atoms with Gasteiger partial charge in [-0.05, 0) is 12.1 Å². The minimum Gasteiger partial charge on any atom is -0.329 e. The second-order valence-electron chi connectivity index (χ2n) is 3.83. The first-order valence-electron chi connectivity index (χ1n) is 5.63. The molecule has 2 aromatic heterocycles. The van der Waals surface area contributed by atoms with Crippen LogP contribution in [0.1, 0.15) is 5.56 Å². The number of hydrogen-bond acceptors (Lipinski definition) is 5. The van der Waals surface area contributed by atoms with Gasteiger partial charge >= 0.3 is 0 Å². The zero-order valence-corrected chi connectivity index (χ0v) is 10.8. The van der Waals surface area contributed by atoms with Gasteiger partial charge in [-0.15, -0.1) is 0 Å². The number of benzene rings is 1. The SMILES string of the molecule is Fc1cccc(Cl)c1/C=N/Nc1ncnc2[nH]cnc12. The molecule has 3 aromatic rings. The number of aromatic amines is 1. The fourth-order valence-corrected chi connectivity index (χ4v) is 1.85. The molecule has 0 atom stereocenters. The third-order valence-electron chi connectivity index (χ3n) is 2.58. The summed E-state index contributed by atoms with van der Waals surface area (Å²) in [7, 11) is 0. The fraction of sp³-hybridized carbons (Fsp3) is 0. The Kier molecular flexibility index (Phi) is 3.26. The highest BCUT2D eigenvalue weighted by molar-refractivity contribution is 6.33. The van der Waals surface area contributed by atoms with Gasteiger partial charge in [-0.3, -0.25) is 5.43 Å². The molecule has 0 aliphatic carbocycles. The maximum absolute atomic E-state index is 13.5. The molecule has 0 aliphatic heterocycles. The Morgan fingerprint density at radius 3 is 3.05 bits per heavy atom. The summed E-state index contributed by atoms with van der Waals surface area (Å²) in [5, 5.41) is 4.20. The van der Waals surface area contributed by atoms with E-state index >= 15 is 0 Å². The van der Waals surface area contributed by atoms with Gasteiger partial charge in [-0.2, -0.15) is 5.10 Å². The second-order valence-corrected chi connectivity index (χ2v) is 4.23. The number of imidazole rings is 1. The first-order valence-corrected chi connectivity index (χ1v) is 6.00. The smallest absolute Gasteiger partial charge is 0.177 e. The van der Waals surface area contributed by atoms with Crippen LogP contribution in [0.5, 0.6) is 0 Å². The van der Waals surface area contributed by atoms with Gasteiger partial charge in [0.05, 0.1) is 17.6 Å². The summed E-state index contributed by atoms with van der Waals surface area (Å²) in [6.07, 6.45) is 4.16. The average Bonchev–Trinajstić information content (AvgIpc) is 2.91. The lowest BCUT2D eigenvalue weighted by molar-refractivity contribution is 0.626. The number of nitrogens with zero attached hydrogens (tertiary/aromatic N) is 4. The molecule has 0 unspecified atom stereocenters. The van der Waals surface area contributed by atoms with Gasteiger partial charge in [0.1, 0.15) is 12.1 Å². The number of hydrogen-bond donors (Lipinski definition) is 2. The summed E-state index contributed by atoms with van der Waals surface area (Å²) < 4.78 is 13.5. The summed E-state index contributed by atoms with van der Waals surface area (Å²) in [4.78, 5) is 14.9. The minimum absolute atomic E-state index is 0.203. The van der Waals surface area contributed by atoms with Crippen LogP contribution in [-0.4, -0.2) is 26.2 Å². The minimum atomic E-state index is -0.448. The van der Waals surface area contributed by atoms with Crippen molar-refractivity contribution >= 4 is 34.8 Å². The Bertz CT molecular complexity index is 764. The summed E-state index contributed by atoms with van der Waals surface area (Å²) in [6, 6.07) is 4.42. The number of anilines is 1. The van der Waals surface area contributed by atoms with E-state index in [9.17, 15) is 4.39 Å². The van der Waals surface area contributed by atoms with E-state index in [1.54, 1.807) is 6.07 Å². The zero-order valence-electron chi connectivity index (χ0n) is 10.0. The van der Waals surface area contributed by atoms with E-state index in [4.69, 9.17) is 11.6 Å². The molecule has 0 saturated heterocycles. The van der Waals surface area contributed by atoms with Crippen LogP contribution in [-0.2, 0) is 0 Å². The first kappa shape index (κ1) is 12.5. The number of H-pyrrole nitrogens is 1. The lowest BCUT2D eigenvalue weighted by Gasteiger charge is -2.01. The van der Waals surface area contributed by atoms with E-state index in [1.165, 1.54) is 31.0 Å². The molecule has 1 aromatic carbocycles. The molecule has 0 fully saturated rings. The highest BCUT2D eigenvalue weighted by Crippen LogP contribution is 2.17. The van der Waals surface area contributed by atoms with Gasteiger partial charge < -0.3 is 4.98 Å². The molecule has 0 bridgehead atoms. The quantitative estimate of drug-likeness (QED) is 0.574. The van der Waals surface area contributed by atoms with Crippen LogP contribution in [0, 0.1) is 5.82 Å². The van der Waals surface area contributed by atoms with Gasteiger partial charge in [-0.25, -0.2) is 19.3 Å². The Morgan fingerprint density at radius 2 is 2.20 bits per heavy atom. The second kappa shape index (κ2) is 5.22. The van der Waals surface area contributed by atoms with Crippen molar-refractivity contribution in [3.8, 4) is 0 Å². The van der Waals surface area contributed by atoms with Gasteiger partial charge in [0.2, 0.25) is 0 Å². The van der Waals surface area contributed by atoms with Crippen LogP contribution in [0.4, 0.5) is 10.2 Å². The Balaban J connectivity index is 1.86. The largest absolute Gasteiger partial charge is 0.329 e. The summed E-state index contributed by atoms with van der Waals surface area (Å²) >= 11 is 5.89. The van der Waals surface area contributed by atoms with Gasteiger partial charge in [-0.1, -0.05) is 17.7 Å². The number of nitrogens with one attached hydrogen (secondary N) is 2. The van der Waals surface area contributed by atoms with Crippen LogP contribution >= 0.6 is 11.6 Å². The molecule has 20 heavy (non-hydrogen) atoms. The van der Waals surface area contributed by atoms with Crippen molar-refractivity contribution in [2.75, 3.05) is 5.43 Å². The van der Waals surface area contributed by atoms with Crippen LogP contribution in [0.2, 0.25) is 5.02 Å².